The van der Waals surface area contributed by atoms with Crippen LogP contribution >= 0.6 is 0 Å². The van der Waals surface area contributed by atoms with Crippen LogP contribution in [0.2, 0.25) is 0 Å². The Kier molecular flexibility index (Phi) is 3.99. The van der Waals surface area contributed by atoms with Gasteiger partial charge < -0.3 is 10.0 Å². The maximum Gasteiger partial charge on any atom is 0.354 e. The molecule has 2 heterocycles. The molecule has 6 nitrogen and oxygen atoms in total. The van der Waals surface area contributed by atoms with E-state index in [0.29, 0.717) is 5.92 Å². The van der Waals surface area contributed by atoms with Crippen LogP contribution in [-0.4, -0.2) is 40.1 Å². The molecule has 1 aliphatic heterocycles. The number of carboxylic acid groups (broad SMARTS) is 1. The second kappa shape index (κ2) is 5.69. The molecule has 1 fully saturated rings. The first-order valence-corrected chi connectivity index (χ1v) is 6.32. The van der Waals surface area contributed by atoms with Gasteiger partial charge >= 0.3 is 12.0 Å². The zero-order valence-corrected chi connectivity index (χ0v) is 10.8. The van der Waals surface area contributed by atoms with Crippen LogP contribution in [0.3, 0.4) is 0 Å². The first-order chi connectivity index (χ1) is 9.06. The molecule has 1 aromatic heterocycles. The average Bonchev–Trinajstić information content (AvgIpc) is 2.39. The number of amides is 2. The highest BCUT2D eigenvalue weighted by atomic mass is 16.4. The molecular formula is C13H17N3O3. The number of rotatable bonds is 2. The fourth-order valence-electron chi connectivity index (χ4n) is 2.19. The Balaban J connectivity index is 2.02. The molecule has 1 unspecified atom stereocenters. The molecule has 1 aliphatic rings. The molecular weight excluding hydrogens is 246 g/mol. The van der Waals surface area contributed by atoms with Crippen LogP contribution in [0, 0.1) is 5.92 Å². The quantitative estimate of drug-likeness (QED) is 0.855. The summed E-state index contributed by atoms with van der Waals surface area (Å²) in [5.41, 5.74) is -0.0789. The molecule has 0 saturated carbocycles. The summed E-state index contributed by atoms with van der Waals surface area (Å²) in [7, 11) is 0. The molecule has 0 aliphatic carbocycles. The largest absolute Gasteiger partial charge is 0.477 e. The lowest BCUT2D eigenvalue weighted by molar-refractivity contribution is 0.0690. The van der Waals surface area contributed by atoms with E-state index in [1.807, 2.05) is 0 Å². The van der Waals surface area contributed by atoms with Crippen molar-refractivity contribution >= 4 is 17.8 Å². The van der Waals surface area contributed by atoms with E-state index in [2.05, 4.69) is 17.2 Å². The number of pyridine rings is 1. The summed E-state index contributed by atoms with van der Waals surface area (Å²) >= 11 is 0. The van der Waals surface area contributed by atoms with Crippen LogP contribution in [0.25, 0.3) is 0 Å². The molecule has 2 rings (SSSR count). The van der Waals surface area contributed by atoms with Gasteiger partial charge in [-0.05, 0) is 30.9 Å². The Morgan fingerprint density at radius 2 is 2.26 bits per heavy atom. The second-order valence-corrected chi connectivity index (χ2v) is 4.84. The number of aromatic carboxylic acids is 1. The summed E-state index contributed by atoms with van der Waals surface area (Å²) < 4.78 is 0. The molecule has 19 heavy (non-hydrogen) atoms. The normalized spacial score (nSPS) is 19.0. The smallest absolute Gasteiger partial charge is 0.354 e. The van der Waals surface area contributed by atoms with Gasteiger partial charge in [-0.3, -0.25) is 5.32 Å². The zero-order valence-electron chi connectivity index (χ0n) is 10.8. The highest BCUT2D eigenvalue weighted by Crippen LogP contribution is 2.16. The minimum Gasteiger partial charge on any atom is -0.477 e. The SMILES string of the molecule is CC1CCCN(C(=O)Nc2cccc(C(=O)O)n2)C1. The molecule has 0 aromatic carbocycles. The Hall–Kier alpha value is -2.11. The molecule has 2 N–H and O–H groups in total. The van der Waals surface area contributed by atoms with Crippen LogP contribution in [0.5, 0.6) is 0 Å². The molecule has 102 valence electrons. The lowest BCUT2D eigenvalue weighted by atomic mass is 10.0. The maximum atomic E-state index is 12.0. The van der Waals surface area contributed by atoms with Gasteiger partial charge in [0.2, 0.25) is 0 Å². The van der Waals surface area contributed by atoms with Crippen molar-refractivity contribution in [1.29, 1.82) is 0 Å². The van der Waals surface area contributed by atoms with E-state index in [0.717, 1.165) is 25.9 Å². The Morgan fingerprint density at radius 3 is 2.95 bits per heavy atom. The summed E-state index contributed by atoms with van der Waals surface area (Å²) in [6.45, 7) is 3.57. The minimum atomic E-state index is -1.11. The van der Waals surface area contributed by atoms with Crippen LogP contribution in [0.4, 0.5) is 10.6 Å². The van der Waals surface area contributed by atoms with Gasteiger partial charge in [0.1, 0.15) is 5.82 Å². The molecule has 0 bridgehead atoms. The minimum absolute atomic E-state index is 0.0789. The molecule has 1 aromatic rings. The number of carbonyl (C=O) groups excluding carboxylic acids is 1. The highest BCUT2D eigenvalue weighted by Gasteiger charge is 2.21. The van der Waals surface area contributed by atoms with Crippen LogP contribution in [-0.2, 0) is 0 Å². The van der Waals surface area contributed by atoms with E-state index >= 15 is 0 Å². The number of likely N-dealkylation sites (tertiary alicyclic amines) is 1. The van der Waals surface area contributed by atoms with Crippen molar-refractivity contribution in [3.05, 3.63) is 23.9 Å². The molecule has 0 spiro atoms. The fraction of sp³-hybridized carbons (Fsp3) is 0.462. The number of nitrogens with one attached hydrogen (secondary N) is 1. The van der Waals surface area contributed by atoms with Crippen molar-refractivity contribution in [2.75, 3.05) is 18.4 Å². The van der Waals surface area contributed by atoms with Crippen molar-refractivity contribution in [1.82, 2.24) is 9.88 Å². The van der Waals surface area contributed by atoms with E-state index in [1.54, 1.807) is 17.0 Å². The van der Waals surface area contributed by atoms with Crippen molar-refractivity contribution in [2.45, 2.75) is 19.8 Å². The van der Waals surface area contributed by atoms with Crippen molar-refractivity contribution in [2.24, 2.45) is 5.92 Å². The molecule has 2 amide bonds. The van der Waals surface area contributed by atoms with Gasteiger partial charge in [-0.2, -0.15) is 0 Å². The predicted molar refractivity (Wildman–Crippen MR) is 70.2 cm³/mol. The number of hydrogen-bond donors (Lipinski definition) is 2. The highest BCUT2D eigenvalue weighted by molar-refractivity contribution is 5.90. The van der Waals surface area contributed by atoms with Gasteiger partial charge in [-0.15, -0.1) is 0 Å². The number of piperidine rings is 1. The number of aromatic nitrogens is 1. The lowest BCUT2D eigenvalue weighted by Crippen LogP contribution is -2.41. The first kappa shape index (κ1) is 13.3. The number of carboxylic acids is 1. The third kappa shape index (κ3) is 3.43. The van der Waals surface area contributed by atoms with Crippen LogP contribution in [0.15, 0.2) is 18.2 Å². The van der Waals surface area contributed by atoms with Crippen molar-refractivity contribution in [3.63, 3.8) is 0 Å². The predicted octanol–water partition coefficient (Wildman–Crippen LogP) is 2.04. The molecule has 6 heteroatoms. The topological polar surface area (TPSA) is 82.5 Å². The number of carbonyl (C=O) groups is 2. The maximum absolute atomic E-state index is 12.0. The summed E-state index contributed by atoms with van der Waals surface area (Å²) in [5, 5.41) is 11.5. The fourth-order valence-corrected chi connectivity index (χ4v) is 2.19. The van der Waals surface area contributed by atoms with Crippen LogP contribution in [0.1, 0.15) is 30.3 Å². The zero-order chi connectivity index (χ0) is 13.8. The monoisotopic (exact) mass is 263 g/mol. The first-order valence-electron chi connectivity index (χ1n) is 6.32. The second-order valence-electron chi connectivity index (χ2n) is 4.84. The summed E-state index contributed by atoms with van der Waals surface area (Å²) in [6, 6.07) is 4.31. The van der Waals surface area contributed by atoms with Gasteiger partial charge in [0.15, 0.2) is 5.69 Å². The van der Waals surface area contributed by atoms with E-state index in [9.17, 15) is 9.59 Å². The van der Waals surface area contributed by atoms with E-state index in [4.69, 9.17) is 5.11 Å². The lowest BCUT2D eigenvalue weighted by Gasteiger charge is -2.30. The van der Waals surface area contributed by atoms with Gasteiger partial charge in [-0.25, -0.2) is 14.6 Å². The standard InChI is InChI=1S/C13H17N3O3/c1-9-4-3-7-16(8-9)13(19)15-11-6-2-5-10(14-11)12(17)18/h2,5-6,9H,3-4,7-8H2,1H3,(H,17,18)(H,14,15,19). The molecule has 1 atom stereocenters. The summed E-state index contributed by atoms with van der Waals surface area (Å²) in [6.07, 6.45) is 2.13. The van der Waals surface area contributed by atoms with E-state index in [1.165, 1.54) is 6.07 Å². The van der Waals surface area contributed by atoms with Gasteiger partial charge in [0.05, 0.1) is 0 Å². The third-order valence-electron chi connectivity index (χ3n) is 3.15. The van der Waals surface area contributed by atoms with Gasteiger partial charge in [0, 0.05) is 13.1 Å². The summed E-state index contributed by atoms with van der Waals surface area (Å²) in [5.74, 6) is -0.344. The summed E-state index contributed by atoms with van der Waals surface area (Å²) in [4.78, 5) is 28.4. The van der Waals surface area contributed by atoms with Crippen molar-refractivity contribution in [3.8, 4) is 0 Å². The molecule has 0 radical (unpaired) electrons. The number of anilines is 1. The van der Waals surface area contributed by atoms with Gasteiger partial charge in [-0.1, -0.05) is 13.0 Å². The van der Waals surface area contributed by atoms with Crippen LogP contribution < -0.4 is 5.32 Å². The van der Waals surface area contributed by atoms with Crippen molar-refractivity contribution < 1.29 is 14.7 Å². The van der Waals surface area contributed by atoms with Gasteiger partial charge in [0.25, 0.3) is 0 Å². The molecule has 1 saturated heterocycles. The number of nitrogens with zero attached hydrogens (tertiary/aromatic N) is 2. The third-order valence-corrected chi connectivity index (χ3v) is 3.15. The Labute approximate surface area is 111 Å². The van der Waals surface area contributed by atoms with E-state index < -0.39 is 5.97 Å². The Morgan fingerprint density at radius 1 is 1.47 bits per heavy atom. The number of hydrogen-bond acceptors (Lipinski definition) is 3. The Bertz CT molecular complexity index is 490. The number of urea groups is 1. The van der Waals surface area contributed by atoms with E-state index in [-0.39, 0.29) is 17.5 Å². The average molecular weight is 263 g/mol.